The van der Waals surface area contributed by atoms with Crippen LogP contribution in [-0.4, -0.2) is 35.6 Å². The summed E-state index contributed by atoms with van der Waals surface area (Å²) in [7, 11) is -4.43. The summed E-state index contributed by atoms with van der Waals surface area (Å²) in [5.41, 5.74) is 1.48. The molecule has 2 aromatic rings. The van der Waals surface area contributed by atoms with Crippen LogP contribution in [0.15, 0.2) is 17.0 Å². The number of fused-ring (bicyclic) bond motifs is 3. The van der Waals surface area contributed by atoms with Gasteiger partial charge in [0.05, 0.1) is 5.52 Å². The van der Waals surface area contributed by atoms with Crippen LogP contribution in [-0.2, 0) is 16.5 Å². The van der Waals surface area contributed by atoms with Gasteiger partial charge >= 0.3 is 5.97 Å². The number of hydrogen-bond acceptors (Lipinski definition) is 4. The number of rotatable bonds is 2. The number of carboxylic acids is 1. The van der Waals surface area contributed by atoms with Gasteiger partial charge in [-0.05, 0) is 24.1 Å². The van der Waals surface area contributed by atoms with Crippen LogP contribution in [0.3, 0.4) is 0 Å². The fraction of sp³-hybridized carbons (Fsp3) is 0.182. The Hall–Kier alpha value is -2.06. The molecular formula is C11H10N2O5S. The van der Waals surface area contributed by atoms with Crippen molar-refractivity contribution in [1.29, 1.82) is 0 Å². The zero-order chi connectivity index (χ0) is 13.8. The summed E-state index contributed by atoms with van der Waals surface area (Å²) in [5, 5.41) is 12.5. The van der Waals surface area contributed by atoms with E-state index in [0.29, 0.717) is 24.0 Å². The molecule has 100 valence electrons. The maximum absolute atomic E-state index is 11.4. The smallest absolute Gasteiger partial charge is 0.352 e. The van der Waals surface area contributed by atoms with E-state index in [1.807, 2.05) is 0 Å². The highest BCUT2D eigenvalue weighted by molar-refractivity contribution is 7.86. The Bertz CT molecular complexity index is 806. The third-order valence-electron chi connectivity index (χ3n) is 3.19. The largest absolute Gasteiger partial charge is 0.477 e. The Kier molecular flexibility index (Phi) is 2.35. The lowest BCUT2D eigenvalue weighted by molar-refractivity contribution is 0.0691. The van der Waals surface area contributed by atoms with E-state index in [4.69, 9.17) is 5.11 Å². The van der Waals surface area contributed by atoms with Crippen molar-refractivity contribution < 1.29 is 22.9 Å². The van der Waals surface area contributed by atoms with Crippen molar-refractivity contribution in [2.45, 2.75) is 11.3 Å². The number of benzene rings is 1. The SMILES string of the molecule is O=C(O)c1cc2c3c(cc(S(=O)(=O)O)c2[nH]1)NCC3. The molecule has 0 saturated heterocycles. The first kappa shape index (κ1) is 12.0. The predicted octanol–water partition coefficient (Wildman–Crippen LogP) is 1.08. The van der Waals surface area contributed by atoms with E-state index in [9.17, 15) is 17.8 Å². The highest BCUT2D eigenvalue weighted by Crippen LogP contribution is 2.35. The lowest BCUT2D eigenvalue weighted by Gasteiger charge is -2.05. The van der Waals surface area contributed by atoms with Crippen LogP contribution in [0.2, 0.25) is 0 Å². The molecule has 1 aromatic heterocycles. The molecule has 0 saturated carbocycles. The molecule has 0 aliphatic carbocycles. The van der Waals surface area contributed by atoms with Crippen LogP contribution in [0, 0.1) is 0 Å². The average Bonchev–Trinajstić information content (AvgIpc) is 2.91. The maximum atomic E-state index is 11.4. The number of hydrogen-bond donors (Lipinski definition) is 4. The second-order valence-electron chi connectivity index (χ2n) is 4.33. The Morgan fingerprint density at radius 3 is 2.68 bits per heavy atom. The fourth-order valence-corrected chi connectivity index (χ4v) is 3.08. The maximum Gasteiger partial charge on any atom is 0.352 e. The molecule has 3 rings (SSSR count). The molecule has 19 heavy (non-hydrogen) atoms. The van der Waals surface area contributed by atoms with Crippen LogP contribution >= 0.6 is 0 Å². The number of H-pyrrole nitrogens is 1. The molecular weight excluding hydrogens is 272 g/mol. The summed E-state index contributed by atoms with van der Waals surface area (Å²) in [4.78, 5) is 13.2. The molecule has 0 bridgehead atoms. The van der Waals surface area contributed by atoms with Crippen molar-refractivity contribution >= 4 is 32.7 Å². The molecule has 1 aromatic carbocycles. The highest BCUT2D eigenvalue weighted by atomic mass is 32.2. The Morgan fingerprint density at radius 1 is 1.32 bits per heavy atom. The minimum atomic E-state index is -4.43. The minimum Gasteiger partial charge on any atom is -0.477 e. The third-order valence-corrected chi connectivity index (χ3v) is 4.07. The lowest BCUT2D eigenvalue weighted by atomic mass is 10.1. The first-order valence-corrected chi connectivity index (χ1v) is 6.95. The van der Waals surface area contributed by atoms with Gasteiger partial charge in [-0.2, -0.15) is 8.42 Å². The third kappa shape index (κ3) is 1.76. The zero-order valence-corrected chi connectivity index (χ0v) is 10.4. The first-order chi connectivity index (χ1) is 8.88. The molecule has 0 atom stereocenters. The summed E-state index contributed by atoms with van der Waals surface area (Å²) >= 11 is 0. The molecule has 1 aliphatic heterocycles. The van der Waals surface area contributed by atoms with Gasteiger partial charge in [-0.1, -0.05) is 0 Å². The average molecular weight is 282 g/mol. The number of aromatic amines is 1. The molecule has 8 heteroatoms. The van der Waals surface area contributed by atoms with Gasteiger partial charge < -0.3 is 15.4 Å². The number of carbonyl (C=O) groups is 1. The predicted molar refractivity (Wildman–Crippen MR) is 67.3 cm³/mol. The van der Waals surface area contributed by atoms with Crippen molar-refractivity contribution in [2.75, 3.05) is 11.9 Å². The molecule has 0 unspecified atom stereocenters. The van der Waals surface area contributed by atoms with Crippen LogP contribution in [0.4, 0.5) is 5.69 Å². The van der Waals surface area contributed by atoms with Crippen LogP contribution in [0.1, 0.15) is 16.1 Å². The first-order valence-electron chi connectivity index (χ1n) is 5.51. The number of aromatic nitrogens is 1. The quantitative estimate of drug-likeness (QED) is 0.612. The normalized spacial score (nSPS) is 14.4. The van der Waals surface area contributed by atoms with E-state index in [2.05, 4.69) is 10.3 Å². The summed E-state index contributed by atoms with van der Waals surface area (Å²) in [6.07, 6.45) is 0.675. The Morgan fingerprint density at radius 2 is 2.05 bits per heavy atom. The van der Waals surface area contributed by atoms with Gasteiger partial charge in [0.25, 0.3) is 10.1 Å². The van der Waals surface area contributed by atoms with Crippen molar-refractivity contribution in [3.8, 4) is 0 Å². The van der Waals surface area contributed by atoms with Gasteiger partial charge in [0, 0.05) is 17.6 Å². The summed E-state index contributed by atoms with van der Waals surface area (Å²) in [6.45, 7) is 0.646. The highest BCUT2D eigenvalue weighted by Gasteiger charge is 2.24. The van der Waals surface area contributed by atoms with Crippen LogP contribution in [0.5, 0.6) is 0 Å². The Balaban J connectivity index is 2.45. The van der Waals surface area contributed by atoms with Crippen molar-refractivity contribution in [3.63, 3.8) is 0 Å². The molecule has 0 amide bonds. The van der Waals surface area contributed by atoms with Crippen molar-refractivity contribution in [1.82, 2.24) is 4.98 Å². The lowest BCUT2D eigenvalue weighted by Crippen LogP contribution is -2.01. The second-order valence-corrected chi connectivity index (χ2v) is 5.72. The molecule has 1 aliphatic rings. The van der Waals surface area contributed by atoms with Gasteiger partial charge in [-0.25, -0.2) is 4.79 Å². The Labute approximate surface area is 108 Å². The summed E-state index contributed by atoms with van der Waals surface area (Å²) in [6, 6.07) is 2.71. The van der Waals surface area contributed by atoms with Crippen LogP contribution in [0.25, 0.3) is 10.9 Å². The van der Waals surface area contributed by atoms with Gasteiger partial charge in [-0.3, -0.25) is 4.55 Å². The summed E-state index contributed by atoms with van der Waals surface area (Å²) < 4.78 is 32.0. The molecule has 0 spiro atoms. The minimum absolute atomic E-state index is 0.111. The van der Waals surface area contributed by atoms with Gasteiger partial charge in [0.2, 0.25) is 0 Å². The number of anilines is 1. The van der Waals surface area contributed by atoms with E-state index in [0.717, 1.165) is 5.56 Å². The van der Waals surface area contributed by atoms with Gasteiger partial charge in [-0.15, -0.1) is 0 Å². The molecule has 4 N–H and O–H groups in total. The van der Waals surface area contributed by atoms with E-state index in [-0.39, 0.29) is 16.1 Å². The van der Waals surface area contributed by atoms with Crippen molar-refractivity contribution in [3.05, 3.63) is 23.4 Å². The molecule has 2 heterocycles. The van der Waals surface area contributed by atoms with Gasteiger partial charge in [0.15, 0.2) is 0 Å². The number of nitrogens with one attached hydrogen (secondary N) is 2. The fourth-order valence-electron chi connectivity index (χ4n) is 2.39. The van der Waals surface area contributed by atoms with Crippen LogP contribution < -0.4 is 5.32 Å². The second kappa shape index (κ2) is 3.72. The van der Waals surface area contributed by atoms with Crippen molar-refractivity contribution in [2.24, 2.45) is 0 Å². The number of carboxylic acid groups (broad SMARTS) is 1. The number of aromatic carboxylic acids is 1. The van der Waals surface area contributed by atoms with Gasteiger partial charge in [0.1, 0.15) is 10.6 Å². The van der Waals surface area contributed by atoms with E-state index >= 15 is 0 Å². The van der Waals surface area contributed by atoms with E-state index < -0.39 is 16.1 Å². The molecule has 0 fully saturated rings. The van der Waals surface area contributed by atoms with E-state index in [1.54, 1.807) is 0 Å². The van der Waals surface area contributed by atoms with E-state index in [1.165, 1.54) is 12.1 Å². The zero-order valence-electron chi connectivity index (χ0n) is 9.60. The standard InChI is InChI=1S/C11H10N2O5S/c14-11(15)8-3-6-5-1-2-12-7(5)4-9(10(6)13-8)19(16,17)18/h3-4,12-13H,1-2H2,(H,14,15)(H,16,17,18). The monoisotopic (exact) mass is 282 g/mol. The molecule has 7 nitrogen and oxygen atoms in total. The molecule has 0 radical (unpaired) electrons. The summed E-state index contributed by atoms with van der Waals surface area (Å²) in [5.74, 6) is -1.18. The topological polar surface area (TPSA) is 119 Å².